The Labute approximate surface area is 88.7 Å². The lowest BCUT2D eigenvalue weighted by Crippen LogP contribution is -2.26. The first-order valence-electron chi connectivity index (χ1n) is 4.68. The Balaban J connectivity index is 3.16. The summed E-state index contributed by atoms with van der Waals surface area (Å²) in [6.07, 6.45) is 0. The van der Waals surface area contributed by atoms with Gasteiger partial charge in [0.25, 0.3) is 5.91 Å². The number of aryl methyl sites for hydroxylation is 1. The van der Waals surface area contributed by atoms with Crippen molar-refractivity contribution in [2.75, 3.05) is 7.11 Å². The molecule has 0 unspecified atom stereocenters. The highest BCUT2D eigenvalue weighted by molar-refractivity contribution is 5.95. The second-order valence-corrected chi connectivity index (χ2v) is 4.35. The summed E-state index contributed by atoms with van der Waals surface area (Å²) in [5.74, 6) is 0.163. The highest BCUT2D eigenvalue weighted by Crippen LogP contribution is 2.26. The van der Waals surface area contributed by atoms with E-state index in [9.17, 15) is 4.79 Å². The van der Waals surface area contributed by atoms with Crippen molar-refractivity contribution >= 4 is 5.91 Å². The van der Waals surface area contributed by atoms with Crippen molar-refractivity contribution < 1.29 is 14.2 Å². The molecule has 0 fully saturated rings. The van der Waals surface area contributed by atoms with Gasteiger partial charge in [0.05, 0.1) is 7.11 Å². The number of carbonyl (C=O) groups is 1. The minimum absolute atomic E-state index is 0.238. The van der Waals surface area contributed by atoms with Gasteiger partial charge in [0, 0.05) is 5.41 Å². The Morgan fingerprint density at radius 3 is 2.53 bits per heavy atom. The van der Waals surface area contributed by atoms with Gasteiger partial charge in [0.1, 0.15) is 17.0 Å². The molecular formula is C10H16N2O3. The second-order valence-electron chi connectivity index (χ2n) is 4.35. The summed E-state index contributed by atoms with van der Waals surface area (Å²) >= 11 is 0. The van der Waals surface area contributed by atoms with Gasteiger partial charge in [-0.1, -0.05) is 25.9 Å². The normalized spacial score (nSPS) is 11.5. The highest BCUT2D eigenvalue weighted by atomic mass is 16.6. The van der Waals surface area contributed by atoms with Crippen molar-refractivity contribution in [1.82, 2.24) is 10.6 Å². The summed E-state index contributed by atoms with van der Waals surface area (Å²) in [5.41, 5.74) is 3.11. The molecule has 15 heavy (non-hydrogen) atoms. The van der Waals surface area contributed by atoms with Crippen LogP contribution in [-0.4, -0.2) is 18.2 Å². The third kappa shape index (κ3) is 2.36. The molecule has 0 saturated heterocycles. The maximum atomic E-state index is 11.7. The van der Waals surface area contributed by atoms with Crippen LogP contribution in [0.2, 0.25) is 0 Å². The third-order valence-corrected chi connectivity index (χ3v) is 1.99. The lowest BCUT2D eigenvalue weighted by Gasteiger charge is -2.15. The average Bonchev–Trinajstić information content (AvgIpc) is 2.46. The van der Waals surface area contributed by atoms with Gasteiger partial charge in [0.2, 0.25) is 0 Å². The molecule has 1 rings (SSSR count). The van der Waals surface area contributed by atoms with Crippen molar-refractivity contribution in [3.05, 3.63) is 17.0 Å². The smallest absolute Gasteiger partial charge is 0.280 e. The molecule has 0 aliphatic carbocycles. The predicted molar refractivity (Wildman–Crippen MR) is 54.4 cm³/mol. The van der Waals surface area contributed by atoms with Gasteiger partial charge in [-0.15, -0.1) is 0 Å². The molecule has 0 bridgehead atoms. The van der Waals surface area contributed by atoms with E-state index in [1.54, 1.807) is 6.92 Å². The first-order chi connectivity index (χ1) is 6.88. The van der Waals surface area contributed by atoms with Crippen molar-refractivity contribution in [3.63, 3.8) is 0 Å². The van der Waals surface area contributed by atoms with E-state index in [1.165, 1.54) is 7.11 Å². The van der Waals surface area contributed by atoms with Gasteiger partial charge in [-0.25, -0.2) is 5.48 Å². The van der Waals surface area contributed by atoms with Crippen LogP contribution in [-0.2, 0) is 10.3 Å². The summed E-state index contributed by atoms with van der Waals surface area (Å²) in [4.78, 5) is 16.2. The van der Waals surface area contributed by atoms with Gasteiger partial charge >= 0.3 is 0 Å². The van der Waals surface area contributed by atoms with Gasteiger partial charge in [0.15, 0.2) is 0 Å². The van der Waals surface area contributed by atoms with Gasteiger partial charge in [-0.2, -0.15) is 0 Å². The molecule has 0 aliphatic rings. The van der Waals surface area contributed by atoms with E-state index in [2.05, 4.69) is 15.5 Å². The van der Waals surface area contributed by atoms with Crippen LogP contribution >= 0.6 is 0 Å². The molecule has 1 heterocycles. The molecule has 84 valence electrons. The monoisotopic (exact) mass is 212 g/mol. The van der Waals surface area contributed by atoms with E-state index in [4.69, 9.17) is 4.52 Å². The average molecular weight is 212 g/mol. The number of amides is 1. The lowest BCUT2D eigenvalue weighted by atomic mass is 9.88. The quantitative estimate of drug-likeness (QED) is 0.756. The second kappa shape index (κ2) is 4.02. The molecule has 5 heteroatoms. The molecule has 0 radical (unpaired) electrons. The molecule has 0 aromatic carbocycles. The summed E-state index contributed by atoms with van der Waals surface area (Å²) in [7, 11) is 1.39. The van der Waals surface area contributed by atoms with Crippen LogP contribution in [0.25, 0.3) is 0 Å². The first kappa shape index (κ1) is 11.7. The fourth-order valence-electron chi connectivity index (χ4n) is 1.30. The number of hydroxylamine groups is 1. The largest absolute Gasteiger partial charge is 0.361 e. The zero-order valence-electron chi connectivity index (χ0n) is 9.67. The molecule has 1 aromatic heterocycles. The Bertz CT molecular complexity index is 363. The molecule has 5 nitrogen and oxygen atoms in total. The molecule has 0 aliphatic heterocycles. The minimum Gasteiger partial charge on any atom is -0.361 e. The molecule has 0 saturated carbocycles. The number of carbonyl (C=O) groups excluding carboxylic acids is 1. The fraction of sp³-hybridized carbons (Fsp3) is 0.600. The third-order valence-electron chi connectivity index (χ3n) is 1.99. The van der Waals surface area contributed by atoms with E-state index in [0.29, 0.717) is 17.0 Å². The standard InChI is InChI=1S/C10H16N2O3/c1-6-7(9(13)12-14-5)8(11-15-6)10(2,3)4/h1-5H3,(H,12,13). The number of nitrogens with zero attached hydrogens (tertiary/aromatic N) is 1. The summed E-state index contributed by atoms with van der Waals surface area (Å²) in [5, 5.41) is 3.90. The minimum atomic E-state index is -0.332. The summed E-state index contributed by atoms with van der Waals surface area (Å²) in [6, 6.07) is 0. The predicted octanol–water partition coefficient (Wildman–Crippen LogP) is 1.57. The Hall–Kier alpha value is -1.36. The maximum Gasteiger partial charge on any atom is 0.280 e. The van der Waals surface area contributed by atoms with E-state index in [0.717, 1.165) is 0 Å². The van der Waals surface area contributed by atoms with Crippen LogP contribution in [0.1, 0.15) is 42.6 Å². The fourth-order valence-corrected chi connectivity index (χ4v) is 1.30. The van der Waals surface area contributed by atoms with E-state index in [1.807, 2.05) is 20.8 Å². The van der Waals surface area contributed by atoms with Crippen LogP contribution in [0.5, 0.6) is 0 Å². The van der Waals surface area contributed by atoms with Crippen molar-refractivity contribution in [2.24, 2.45) is 0 Å². The van der Waals surface area contributed by atoms with E-state index in [-0.39, 0.29) is 11.3 Å². The number of nitrogens with one attached hydrogen (secondary N) is 1. The van der Waals surface area contributed by atoms with Gasteiger partial charge < -0.3 is 4.52 Å². The number of hydrogen-bond acceptors (Lipinski definition) is 4. The first-order valence-corrected chi connectivity index (χ1v) is 4.68. The topological polar surface area (TPSA) is 64.4 Å². The van der Waals surface area contributed by atoms with Crippen molar-refractivity contribution in [2.45, 2.75) is 33.1 Å². The van der Waals surface area contributed by atoms with Crippen LogP contribution < -0.4 is 5.48 Å². The molecule has 0 atom stereocenters. The lowest BCUT2D eigenvalue weighted by molar-refractivity contribution is 0.0534. The molecular weight excluding hydrogens is 196 g/mol. The number of aromatic nitrogens is 1. The highest BCUT2D eigenvalue weighted by Gasteiger charge is 2.28. The summed E-state index contributed by atoms with van der Waals surface area (Å²) in [6.45, 7) is 7.60. The van der Waals surface area contributed by atoms with E-state index >= 15 is 0 Å². The Morgan fingerprint density at radius 2 is 2.07 bits per heavy atom. The van der Waals surface area contributed by atoms with Crippen LogP contribution in [0.15, 0.2) is 4.52 Å². The summed E-state index contributed by atoms with van der Waals surface area (Å²) < 4.78 is 5.02. The zero-order valence-corrected chi connectivity index (χ0v) is 9.67. The van der Waals surface area contributed by atoms with Crippen LogP contribution in [0.4, 0.5) is 0 Å². The van der Waals surface area contributed by atoms with Gasteiger partial charge in [-0.3, -0.25) is 9.63 Å². The molecule has 1 aromatic rings. The molecule has 1 amide bonds. The number of hydrogen-bond donors (Lipinski definition) is 1. The zero-order chi connectivity index (χ0) is 11.6. The van der Waals surface area contributed by atoms with Crippen LogP contribution in [0, 0.1) is 6.92 Å². The molecule has 1 N–H and O–H groups in total. The van der Waals surface area contributed by atoms with Crippen molar-refractivity contribution in [1.29, 1.82) is 0 Å². The molecule has 0 spiro atoms. The Kier molecular flexibility index (Phi) is 3.14. The van der Waals surface area contributed by atoms with Gasteiger partial charge in [-0.05, 0) is 6.92 Å². The maximum absolute atomic E-state index is 11.7. The van der Waals surface area contributed by atoms with Crippen LogP contribution in [0.3, 0.4) is 0 Å². The van der Waals surface area contributed by atoms with Crippen molar-refractivity contribution in [3.8, 4) is 0 Å². The number of rotatable bonds is 2. The Morgan fingerprint density at radius 1 is 1.47 bits per heavy atom. The van der Waals surface area contributed by atoms with E-state index < -0.39 is 0 Å². The SMILES string of the molecule is CONC(=O)c1c(C(C)(C)C)noc1C.